The molecule has 8 nitrogen and oxygen atoms in total. The zero-order chi connectivity index (χ0) is 19.3. The van der Waals surface area contributed by atoms with Crippen LogP contribution in [0.4, 0.5) is 10.5 Å². The Morgan fingerprint density at radius 3 is 2.77 bits per heavy atom. The monoisotopic (exact) mass is 379 g/mol. The summed E-state index contributed by atoms with van der Waals surface area (Å²) < 4.78 is 5.30. The van der Waals surface area contributed by atoms with Gasteiger partial charge in [0.25, 0.3) is 5.69 Å². The summed E-state index contributed by atoms with van der Waals surface area (Å²) >= 11 is 1.65. The van der Waals surface area contributed by atoms with E-state index >= 15 is 0 Å². The predicted octanol–water partition coefficient (Wildman–Crippen LogP) is 2.83. The van der Waals surface area contributed by atoms with Crippen molar-refractivity contribution in [3.63, 3.8) is 0 Å². The number of carbonyl (C=O) groups excluding carboxylic acids is 2. The minimum absolute atomic E-state index is 0.0694. The van der Waals surface area contributed by atoms with Crippen molar-refractivity contribution in [3.05, 3.63) is 50.7 Å². The van der Waals surface area contributed by atoms with Gasteiger partial charge in [-0.05, 0) is 25.2 Å². The molecule has 0 aliphatic carbocycles. The van der Waals surface area contributed by atoms with Crippen molar-refractivity contribution in [1.82, 2.24) is 10.6 Å². The molecular weight excluding hydrogens is 358 g/mol. The average Bonchev–Trinajstić information content (AvgIpc) is 2.58. The van der Waals surface area contributed by atoms with Gasteiger partial charge in [-0.1, -0.05) is 19.1 Å². The molecule has 1 aliphatic rings. The van der Waals surface area contributed by atoms with Crippen LogP contribution in [0.25, 0.3) is 0 Å². The predicted molar refractivity (Wildman–Crippen MR) is 98.9 cm³/mol. The van der Waals surface area contributed by atoms with E-state index in [1.807, 2.05) is 6.92 Å². The molecule has 0 bridgehead atoms. The van der Waals surface area contributed by atoms with E-state index in [0.717, 1.165) is 5.75 Å². The number of amides is 2. The number of nitrogens with zero attached hydrogens (tertiary/aromatic N) is 1. The van der Waals surface area contributed by atoms with E-state index in [2.05, 4.69) is 10.6 Å². The summed E-state index contributed by atoms with van der Waals surface area (Å²) in [6.07, 6.45) is 0. The second-order valence-electron chi connectivity index (χ2n) is 5.71. The van der Waals surface area contributed by atoms with Gasteiger partial charge in [0, 0.05) is 23.1 Å². The number of carbonyl (C=O) groups is 2. The number of benzene rings is 1. The molecule has 0 aromatic heterocycles. The molecule has 0 spiro atoms. The van der Waals surface area contributed by atoms with Crippen molar-refractivity contribution < 1.29 is 19.2 Å². The Kier molecular flexibility index (Phi) is 6.62. The van der Waals surface area contributed by atoms with Crippen molar-refractivity contribution in [2.45, 2.75) is 26.8 Å². The number of rotatable bonds is 7. The SMILES string of the molecule is CCSCCOC(=O)C1=C(C)NC(=O)NC1c1ccc(C)c([N+](=O)[O-])c1. The van der Waals surface area contributed by atoms with Crippen LogP contribution in [-0.4, -0.2) is 35.0 Å². The first-order valence-corrected chi connectivity index (χ1v) is 9.28. The fourth-order valence-electron chi connectivity index (χ4n) is 2.63. The number of nitrogens with one attached hydrogen (secondary N) is 2. The van der Waals surface area contributed by atoms with Crippen LogP contribution in [-0.2, 0) is 9.53 Å². The molecule has 9 heteroatoms. The lowest BCUT2D eigenvalue weighted by Gasteiger charge is -2.28. The van der Waals surface area contributed by atoms with E-state index in [1.165, 1.54) is 6.07 Å². The minimum Gasteiger partial charge on any atom is -0.461 e. The summed E-state index contributed by atoms with van der Waals surface area (Å²) in [6.45, 7) is 5.50. The maximum atomic E-state index is 12.5. The molecule has 0 fully saturated rings. The van der Waals surface area contributed by atoms with Crippen LogP contribution in [0.2, 0.25) is 0 Å². The van der Waals surface area contributed by atoms with E-state index < -0.39 is 23.0 Å². The summed E-state index contributed by atoms with van der Waals surface area (Å²) in [6, 6.07) is 3.34. The van der Waals surface area contributed by atoms with E-state index in [9.17, 15) is 19.7 Å². The third-order valence-corrected chi connectivity index (χ3v) is 4.78. The van der Waals surface area contributed by atoms with Crippen molar-refractivity contribution in [3.8, 4) is 0 Å². The molecule has 26 heavy (non-hydrogen) atoms. The molecular formula is C17H21N3O5S. The standard InChI is InChI=1S/C17H21N3O5S/c1-4-26-8-7-25-16(21)14-11(3)18-17(22)19-15(14)12-6-5-10(2)13(9-12)20(23)24/h5-6,9,15H,4,7-8H2,1-3H3,(H2,18,19,22). The van der Waals surface area contributed by atoms with Gasteiger partial charge >= 0.3 is 12.0 Å². The number of esters is 1. The highest BCUT2D eigenvalue weighted by atomic mass is 32.2. The van der Waals surface area contributed by atoms with Crippen LogP contribution in [0.5, 0.6) is 0 Å². The van der Waals surface area contributed by atoms with Gasteiger partial charge in [0.15, 0.2) is 0 Å². The smallest absolute Gasteiger partial charge is 0.338 e. The van der Waals surface area contributed by atoms with Crippen molar-refractivity contribution in [2.24, 2.45) is 0 Å². The number of nitro benzene ring substituents is 1. The fraction of sp³-hybridized carbons (Fsp3) is 0.412. The highest BCUT2D eigenvalue weighted by Gasteiger charge is 2.33. The van der Waals surface area contributed by atoms with Crippen LogP contribution in [0.15, 0.2) is 29.5 Å². The Hall–Kier alpha value is -2.55. The van der Waals surface area contributed by atoms with Gasteiger partial charge in [-0.3, -0.25) is 10.1 Å². The molecule has 1 aromatic carbocycles. The summed E-state index contributed by atoms with van der Waals surface area (Å²) in [5.74, 6) is 1.04. The quantitative estimate of drug-likeness (QED) is 0.326. The molecule has 0 saturated carbocycles. The lowest BCUT2D eigenvalue weighted by atomic mass is 9.94. The zero-order valence-electron chi connectivity index (χ0n) is 14.8. The molecule has 1 unspecified atom stereocenters. The van der Waals surface area contributed by atoms with E-state index in [-0.39, 0.29) is 17.9 Å². The van der Waals surface area contributed by atoms with Crippen molar-refractivity contribution in [2.75, 3.05) is 18.1 Å². The maximum Gasteiger partial charge on any atom is 0.338 e. The number of ether oxygens (including phenoxy) is 1. The van der Waals surface area contributed by atoms with E-state index in [0.29, 0.717) is 22.6 Å². The van der Waals surface area contributed by atoms with Crippen LogP contribution < -0.4 is 10.6 Å². The van der Waals surface area contributed by atoms with Crippen LogP contribution in [0.1, 0.15) is 31.0 Å². The molecule has 140 valence electrons. The molecule has 1 aliphatic heterocycles. The summed E-state index contributed by atoms with van der Waals surface area (Å²) in [7, 11) is 0. The number of hydrogen-bond donors (Lipinski definition) is 2. The highest BCUT2D eigenvalue weighted by molar-refractivity contribution is 7.99. The maximum absolute atomic E-state index is 12.5. The Balaban J connectivity index is 2.33. The van der Waals surface area contributed by atoms with Crippen LogP contribution in [0.3, 0.4) is 0 Å². The number of urea groups is 1. The van der Waals surface area contributed by atoms with E-state index in [1.54, 1.807) is 37.7 Å². The summed E-state index contributed by atoms with van der Waals surface area (Å²) in [4.78, 5) is 35.1. The lowest BCUT2D eigenvalue weighted by Crippen LogP contribution is -2.45. The Bertz CT molecular complexity index is 763. The Labute approximate surface area is 155 Å². The Morgan fingerprint density at radius 2 is 2.12 bits per heavy atom. The van der Waals surface area contributed by atoms with Crippen molar-refractivity contribution in [1.29, 1.82) is 0 Å². The van der Waals surface area contributed by atoms with Crippen LogP contribution in [0, 0.1) is 17.0 Å². The topological polar surface area (TPSA) is 111 Å². The molecule has 1 aromatic rings. The molecule has 2 amide bonds. The number of thioether (sulfide) groups is 1. The van der Waals surface area contributed by atoms with Gasteiger partial charge in [-0.2, -0.15) is 11.8 Å². The molecule has 0 radical (unpaired) electrons. The number of hydrogen-bond acceptors (Lipinski definition) is 6. The number of allylic oxidation sites excluding steroid dienone is 1. The second kappa shape index (κ2) is 8.70. The molecule has 1 heterocycles. The zero-order valence-corrected chi connectivity index (χ0v) is 15.6. The normalized spacial score (nSPS) is 16.7. The second-order valence-corrected chi connectivity index (χ2v) is 7.10. The third kappa shape index (κ3) is 4.54. The van der Waals surface area contributed by atoms with Gasteiger partial charge in [0.2, 0.25) is 0 Å². The van der Waals surface area contributed by atoms with Gasteiger partial charge in [-0.15, -0.1) is 0 Å². The van der Waals surface area contributed by atoms with Gasteiger partial charge in [0.05, 0.1) is 16.5 Å². The summed E-state index contributed by atoms with van der Waals surface area (Å²) in [5, 5.41) is 16.4. The molecule has 2 N–H and O–H groups in total. The number of aryl methyl sites for hydroxylation is 1. The molecule has 0 saturated heterocycles. The average molecular weight is 379 g/mol. The van der Waals surface area contributed by atoms with Gasteiger partial charge in [0.1, 0.15) is 6.61 Å². The molecule has 1 atom stereocenters. The highest BCUT2D eigenvalue weighted by Crippen LogP contribution is 2.31. The summed E-state index contributed by atoms with van der Waals surface area (Å²) in [5.41, 5.74) is 1.49. The first-order chi connectivity index (χ1) is 12.3. The van der Waals surface area contributed by atoms with E-state index in [4.69, 9.17) is 4.74 Å². The minimum atomic E-state index is -0.811. The van der Waals surface area contributed by atoms with Gasteiger partial charge in [-0.25, -0.2) is 9.59 Å². The Morgan fingerprint density at radius 1 is 1.38 bits per heavy atom. The first kappa shape index (κ1) is 19.8. The third-order valence-electron chi connectivity index (χ3n) is 3.92. The molecule has 2 rings (SSSR count). The lowest BCUT2D eigenvalue weighted by molar-refractivity contribution is -0.385. The largest absolute Gasteiger partial charge is 0.461 e. The van der Waals surface area contributed by atoms with Gasteiger partial charge < -0.3 is 15.4 Å². The number of nitro groups is 1. The fourth-order valence-corrected chi connectivity index (χ4v) is 3.12. The first-order valence-electron chi connectivity index (χ1n) is 8.13. The van der Waals surface area contributed by atoms with Crippen molar-refractivity contribution >= 4 is 29.4 Å². The van der Waals surface area contributed by atoms with Crippen LogP contribution >= 0.6 is 11.8 Å².